The Balaban J connectivity index is 1.82. The van der Waals surface area contributed by atoms with E-state index in [4.69, 9.17) is 0 Å². The molecule has 2 rings (SSSR count). The molecule has 1 amide bonds. The van der Waals surface area contributed by atoms with Crippen molar-refractivity contribution in [2.75, 3.05) is 12.4 Å². The molecule has 2 N–H and O–H groups in total. The number of amides is 1. The van der Waals surface area contributed by atoms with Crippen molar-refractivity contribution < 1.29 is 9.90 Å². The number of aryl methyl sites for hydroxylation is 1. The van der Waals surface area contributed by atoms with Crippen molar-refractivity contribution in [1.82, 2.24) is 5.32 Å². The van der Waals surface area contributed by atoms with Crippen LogP contribution in [0.2, 0.25) is 0 Å². The number of aliphatic hydroxyl groups excluding tert-OH is 1. The maximum Gasteiger partial charge on any atom is 0.230 e. The molecule has 0 heterocycles. The summed E-state index contributed by atoms with van der Waals surface area (Å²) in [6, 6.07) is 8.16. The number of hydrogen-bond donors (Lipinski definition) is 2. The molecule has 0 radical (unpaired) electrons. The predicted octanol–water partition coefficient (Wildman–Crippen LogP) is 2.51. The zero-order chi connectivity index (χ0) is 13.7. The molecule has 1 saturated carbocycles. The standard InChI is InChI=1S/C15H21NO2S/c1-12-4-6-13(7-5-12)19-10-14(18)16-15(11-17)8-2-3-9-15/h4-7,17H,2-3,8-11H2,1H3,(H,16,18). The maximum absolute atomic E-state index is 12.0. The average molecular weight is 279 g/mol. The van der Waals surface area contributed by atoms with Gasteiger partial charge in [-0.05, 0) is 31.9 Å². The first-order valence-corrected chi connectivity index (χ1v) is 7.73. The molecule has 1 aromatic rings. The molecule has 19 heavy (non-hydrogen) atoms. The second-order valence-electron chi connectivity index (χ2n) is 5.30. The number of rotatable bonds is 5. The van der Waals surface area contributed by atoms with E-state index in [0.717, 1.165) is 30.6 Å². The summed E-state index contributed by atoms with van der Waals surface area (Å²) >= 11 is 1.54. The molecule has 0 unspecified atom stereocenters. The van der Waals surface area contributed by atoms with Crippen LogP contribution in [0, 0.1) is 6.92 Å². The number of nitrogens with one attached hydrogen (secondary N) is 1. The van der Waals surface area contributed by atoms with Crippen LogP contribution in [0.1, 0.15) is 31.2 Å². The Morgan fingerprint density at radius 1 is 1.32 bits per heavy atom. The van der Waals surface area contributed by atoms with Crippen LogP contribution in [0.25, 0.3) is 0 Å². The van der Waals surface area contributed by atoms with Crippen LogP contribution in [-0.4, -0.2) is 28.9 Å². The zero-order valence-electron chi connectivity index (χ0n) is 11.3. The quantitative estimate of drug-likeness (QED) is 0.814. The highest BCUT2D eigenvalue weighted by molar-refractivity contribution is 8.00. The molecule has 3 nitrogen and oxygen atoms in total. The minimum atomic E-state index is -0.356. The molecular formula is C15H21NO2S. The van der Waals surface area contributed by atoms with Crippen molar-refractivity contribution in [2.24, 2.45) is 0 Å². The van der Waals surface area contributed by atoms with Gasteiger partial charge < -0.3 is 10.4 Å². The molecule has 0 spiro atoms. The summed E-state index contributed by atoms with van der Waals surface area (Å²) < 4.78 is 0. The van der Waals surface area contributed by atoms with Crippen LogP contribution in [0.3, 0.4) is 0 Å². The van der Waals surface area contributed by atoms with E-state index in [1.165, 1.54) is 17.3 Å². The Kier molecular flexibility index (Phi) is 4.88. The Morgan fingerprint density at radius 3 is 2.53 bits per heavy atom. The summed E-state index contributed by atoms with van der Waals surface area (Å²) in [5, 5.41) is 12.5. The number of benzene rings is 1. The molecule has 1 fully saturated rings. The Hall–Kier alpha value is -1.00. The summed E-state index contributed by atoms with van der Waals surface area (Å²) in [6.45, 7) is 2.10. The Labute approximate surface area is 118 Å². The second-order valence-corrected chi connectivity index (χ2v) is 6.34. The van der Waals surface area contributed by atoms with Crippen molar-refractivity contribution in [3.63, 3.8) is 0 Å². The highest BCUT2D eigenvalue weighted by Crippen LogP contribution is 2.29. The Morgan fingerprint density at radius 2 is 1.95 bits per heavy atom. The van der Waals surface area contributed by atoms with Gasteiger partial charge in [-0.3, -0.25) is 4.79 Å². The number of hydrogen-bond acceptors (Lipinski definition) is 3. The Bertz CT molecular complexity index is 424. The SMILES string of the molecule is Cc1ccc(SCC(=O)NC2(CO)CCCC2)cc1. The molecule has 0 bridgehead atoms. The molecule has 1 aliphatic rings. The molecule has 104 valence electrons. The van der Waals surface area contributed by atoms with Gasteiger partial charge in [0.25, 0.3) is 0 Å². The minimum absolute atomic E-state index is 0.0153. The van der Waals surface area contributed by atoms with Gasteiger partial charge in [-0.1, -0.05) is 30.5 Å². The summed E-state index contributed by atoms with van der Waals surface area (Å²) in [7, 11) is 0. The monoisotopic (exact) mass is 279 g/mol. The minimum Gasteiger partial charge on any atom is -0.394 e. The van der Waals surface area contributed by atoms with Crippen molar-refractivity contribution in [2.45, 2.75) is 43.0 Å². The zero-order valence-corrected chi connectivity index (χ0v) is 12.1. The fraction of sp³-hybridized carbons (Fsp3) is 0.533. The summed E-state index contributed by atoms with van der Waals surface area (Å²) in [5.41, 5.74) is 0.865. The van der Waals surface area contributed by atoms with E-state index in [1.807, 2.05) is 31.2 Å². The smallest absolute Gasteiger partial charge is 0.230 e. The van der Waals surface area contributed by atoms with Crippen LogP contribution >= 0.6 is 11.8 Å². The lowest BCUT2D eigenvalue weighted by atomic mass is 9.99. The number of carbonyl (C=O) groups is 1. The third-order valence-electron chi connectivity index (χ3n) is 3.66. The van der Waals surface area contributed by atoms with Crippen molar-refractivity contribution in [1.29, 1.82) is 0 Å². The van der Waals surface area contributed by atoms with E-state index in [1.54, 1.807) is 0 Å². The largest absolute Gasteiger partial charge is 0.394 e. The summed E-state index contributed by atoms with van der Waals surface area (Å²) in [4.78, 5) is 13.1. The van der Waals surface area contributed by atoms with Gasteiger partial charge >= 0.3 is 0 Å². The predicted molar refractivity (Wildman–Crippen MR) is 78.3 cm³/mol. The first kappa shape index (κ1) is 14.4. The van der Waals surface area contributed by atoms with Crippen molar-refractivity contribution >= 4 is 17.7 Å². The van der Waals surface area contributed by atoms with Gasteiger partial charge in [0.2, 0.25) is 5.91 Å². The van der Waals surface area contributed by atoms with Crippen molar-refractivity contribution in [3.8, 4) is 0 Å². The molecular weight excluding hydrogens is 258 g/mol. The van der Waals surface area contributed by atoms with Gasteiger partial charge in [-0.15, -0.1) is 11.8 Å². The average Bonchev–Trinajstić information content (AvgIpc) is 2.87. The molecule has 0 atom stereocenters. The first-order valence-electron chi connectivity index (χ1n) is 6.75. The van der Waals surface area contributed by atoms with Crippen molar-refractivity contribution in [3.05, 3.63) is 29.8 Å². The third kappa shape index (κ3) is 3.98. The number of thioether (sulfide) groups is 1. The molecule has 1 aliphatic carbocycles. The maximum atomic E-state index is 12.0. The van der Waals surface area contributed by atoms with E-state index < -0.39 is 0 Å². The summed E-state index contributed by atoms with van der Waals surface area (Å²) in [5.74, 6) is 0.423. The van der Waals surface area contributed by atoms with Gasteiger partial charge in [-0.25, -0.2) is 0 Å². The lowest BCUT2D eigenvalue weighted by Crippen LogP contribution is -2.49. The van der Waals surface area contributed by atoms with Crippen LogP contribution in [0.4, 0.5) is 0 Å². The van der Waals surface area contributed by atoms with E-state index >= 15 is 0 Å². The van der Waals surface area contributed by atoms with Gasteiger partial charge in [-0.2, -0.15) is 0 Å². The van der Waals surface area contributed by atoms with Gasteiger partial charge in [0.15, 0.2) is 0 Å². The van der Waals surface area contributed by atoms with E-state index in [0.29, 0.717) is 5.75 Å². The fourth-order valence-corrected chi connectivity index (χ4v) is 3.19. The lowest BCUT2D eigenvalue weighted by Gasteiger charge is -2.27. The molecule has 1 aromatic carbocycles. The van der Waals surface area contributed by atoms with Gasteiger partial charge in [0.1, 0.15) is 0 Å². The van der Waals surface area contributed by atoms with Crippen LogP contribution in [0.5, 0.6) is 0 Å². The molecule has 4 heteroatoms. The van der Waals surface area contributed by atoms with Gasteiger partial charge in [0, 0.05) is 4.90 Å². The highest BCUT2D eigenvalue weighted by atomic mass is 32.2. The molecule has 0 aliphatic heterocycles. The first-order chi connectivity index (χ1) is 9.13. The normalized spacial score (nSPS) is 17.4. The van der Waals surface area contributed by atoms with Crippen LogP contribution in [0.15, 0.2) is 29.2 Å². The van der Waals surface area contributed by atoms with E-state index in [2.05, 4.69) is 5.32 Å². The molecule has 0 aromatic heterocycles. The number of aliphatic hydroxyl groups is 1. The lowest BCUT2D eigenvalue weighted by molar-refractivity contribution is -0.121. The summed E-state index contributed by atoms with van der Waals surface area (Å²) in [6.07, 6.45) is 3.97. The van der Waals surface area contributed by atoms with E-state index in [-0.39, 0.29) is 18.1 Å². The third-order valence-corrected chi connectivity index (χ3v) is 4.67. The fourth-order valence-electron chi connectivity index (χ4n) is 2.49. The highest BCUT2D eigenvalue weighted by Gasteiger charge is 2.34. The van der Waals surface area contributed by atoms with Crippen LogP contribution < -0.4 is 5.32 Å². The number of carbonyl (C=O) groups excluding carboxylic acids is 1. The molecule has 0 saturated heterocycles. The van der Waals surface area contributed by atoms with E-state index in [9.17, 15) is 9.90 Å². The second kappa shape index (κ2) is 6.44. The van der Waals surface area contributed by atoms with Crippen LogP contribution in [-0.2, 0) is 4.79 Å². The topological polar surface area (TPSA) is 49.3 Å². The van der Waals surface area contributed by atoms with Gasteiger partial charge in [0.05, 0.1) is 17.9 Å².